The van der Waals surface area contributed by atoms with Gasteiger partial charge in [-0.2, -0.15) is 0 Å². The van der Waals surface area contributed by atoms with Crippen LogP contribution in [0.5, 0.6) is 5.75 Å². The summed E-state index contributed by atoms with van der Waals surface area (Å²) in [5.74, 6) is 0.933. The Balaban J connectivity index is 2.78. The minimum atomic E-state index is 0.767. The predicted octanol–water partition coefficient (Wildman–Crippen LogP) is 4.63. The highest BCUT2D eigenvalue weighted by molar-refractivity contribution is 9.10. The molecule has 2 aromatic carbocycles. The number of hydrogen-bond acceptors (Lipinski definition) is 2. The SMILES string of the molecule is COc1c(C)c(C)c(Br)c(C)c1-c1ccc(N)cc1. The molecule has 0 radical (unpaired) electrons. The van der Waals surface area contributed by atoms with Crippen molar-refractivity contribution in [2.45, 2.75) is 20.8 Å². The van der Waals surface area contributed by atoms with Crippen LogP contribution < -0.4 is 10.5 Å². The third-order valence-electron chi connectivity index (χ3n) is 3.57. The average Bonchev–Trinajstić information content (AvgIpc) is 2.41. The van der Waals surface area contributed by atoms with E-state index in [1.54, 1.807) is 7.11 Å². The highest BCUT2D eigenvalue weighted by atomic mass is 79.9. The van der Waals surface area contributed by atoms with Gasteiger partial charge in [-0.05, 0) is 55.2 Å². The molecule has 0 aromatic heterocycles. The van der Waals surface area contributed by atoms with Gasteiger partial charge in [0, 0.05) is 15.7 Å². The van der Waals surface area contributed by atoms with Crippen LogP contribution in [0.15, 0.2) is 28.7 Å². The van der Waals surface area contributed by atoms with Crippen molar-refractivity contribution in [3.63, 3.8) is 0 Å². The Bertz CT molecular complexity index is 618. The summed E-state index contributed by atoms with van der Waals surface area (Å²) in [6.45, 7) is 6.28. The standard InChI is InChI=1S/C16H18BrNO/c1-9-10(2)16(19-4)14(11(3)15(9)17)12-5-7-13(18)8-6-12/h5-8H,18H2,1-4H3. The molecule has 2 aromatic rings. The molecule has 2 rings (SSSR count). The Labute approximate surface area is 122 Å². The van der Waals surface area contributed by atoms with E-state index in [1.807, 2.05) is 24.3 Å². The molecular weight excluding hydrogens is 302 g/mol. The van der Waals surface area contributed by atoms with Crippen molar-refractivity contribution in [3.05, 3.63) is 45.4 Å². The third kappa shape index (κ3) is 2.35. The molecule has 0 fully saturated rings. The van der Waals surface area contributed by atoms with Crippen LogP contribution in [0, 0.1) is 20.8 Å². The Hall–Kier alpha value is -1.48. The molecule has 2 N–H and O–H groups in total. The molecule has 19 heavy (non-hydrogen) atoms. The maximum atomic E-state index is 5.76. The van der Waals surface area contributed by atoms with E-state index >= 15 is 0 Å². The van der Waals surface area contributed by atoms with Crippen LogP contribution in [0.3, 0.4) is 0 Å². The molecule has 0 heterocycles. The molecule has 100 valence electrons. The van der Waals surface area contributed by atoms with Gasteiger partial charge in [0.15, 0.2) is 0 Å². The summed E-state index contributed by atoms with van der Waals surface area (Å²) in [6.07, 6.45) is 0. The number of nitrogens with two attached hydrogens (primary N) is 1. The first-order valence-corrected chi connectivity index (χ1v) is 6.95. The van der Waals surface area contributed by atoms with Crippen LogP contribution in [0.4, 0.5) is 5.69 Å². The number of nitrogen functional groups attached to an aromatic ring is 1. The first-order chi connectivity index (χ1) is 8.97. The van der Waals surface area contributed by atoms with Gasteiger partial charge in [0.1, 0.15) is 5.75 Å². The summed E-state index contributed by atoms with van der Waals surface area (Å²) in [7, 11) is 1.72. The lowest BCUT2D eigenvalue weighted by molar-refractivity contribution is 0.412. The van der Waals surface area contributed by atoms with Gasteiger partial charge >= 0.3 is 0 Å². The summed E-state index contributed by atoms with van der Waals surface area (Å²) in [5.41, 5.74) is 12.3. The number of halogens is 1. The number of rotatable bonds is 2. The minimum absolute atomic E-state index is 0.767. The lowest BCUT2D eigenvalue weighted by atomic mass is 9.94. The highest BCUT2D eigenvalue weighted by Gasteiger charge is 2.17. The summed E-state index contributed by atoms with van der Waals surface area (Å²) in [4.78, 5) is 0. The zero-order valence-corrected chi connectivity index (χ0v) is 13.3. The molecule has 0 saturated heterocycles. The topological polar surface area (TPSA) is 35.2 Å². The van der Waals surface area contributed by atoms with Gasteiger partial charge in [-0.25, -0.2) is 0 Å². The summed E-state index contributed by atoms with van der Waals surface area (Å²) in [5, 5.41) is 0. The van der Waals surface area contributed by atoms with Gasteiger partial charge in [0.25, 0.3) is 0 Å². The van der Waals surface area contributed by atoms with Crippen LogP contribution in [-0.2, 0) is 0 Å². The molecule has 0 aliphatic heterocycles. The van der Waals surface area contributed by atoms with Gasteiger partial charge in [0.05, 0.1) is 7.11 Å². The van der Waals surface area contributed by atoms with E-state index in [2.05, 4.69) is 36.7 Å². The van der Waals surface area contributed by atoms with Crippen molar-refractivity contribution in [1.82, 2.24) is 0 Å². The maximum absolute atomic E-state index is 5.76. The lowest BCUT2D eigenvalue weighted by Crippen LogP contribution is -1.99. The first-order valence-electron chi connectivity index (χ1n) is 6.16. The van der Waals surface area contributed by atoms with Crippen molar-refractivity contribution < 1.29 is 4.74 Å². The van der Waals surface area contributed by atoms with Crippen molar-refractivity contribution in [3.8, 4) is 16.9 Å². The zero-order valence-electron chi connectivity index (χ0n) is 11.7. The van der Waals surface area contributed by atoms with Gasteiger partial charge in [-0.15, -0.1) is 0 Å². The molecule has 3 heteroatoms. The second kappa shape index (κ2) is 5.25. The normalized spacial score (nSPS) is 10.6. The third-order valence-corrected chi connectivity index (χ3v) is 4.76. The Morgan fingerprint density at radius 3 is 2.05 bits per heavy atom. The van der Waals surface area contributed by atoms with E-state index in [0.717, 1.165) is 32.6 Å². The molecule has 0 atom stereocenters. The lowest BCUT2D eigenvalue weighted by Gasteiger charge is -2.19. The minimum Gasteiger partial charge on any atom is -0.496 e. The first kappa shape index (κ1) is 13.9. The molecule has 0 spiro atoms. The van der Waals surface area contributed by atoms with E-state index in [4.69, 9.17) is 10.5 Å². The van der Waals surface area contributed by atoms with Crippen LogP contribution in [-0.4, -0.2) is 7.11 Å². The summed E-state index contributed by atoms with van der Waals surface area (Å²) < 4.78 is 6.76. The molecule has 0 saturated carbocycles. The van der Waals surface area contributed by atoms with E-state index in [0.29, 0.717) is 0 Å². The number of hydrogen-bond donors (Lipinski definition) is 1. The Morgan fingerprint density at radius 2 is 1.53 bits per heavy atom. The van der Waals surface area contributed by atoms with Gasteiger partial charge in [0.2, 0.25) is 0 Å². The second-order valence-electron chi connectivity index (χ2n) is 4.72. The van der Waals surface area contributed by atoms with Gasteiger partial charge in [-0.1, -0.05) is 28.1 Å². The monoisotopic (exact) mass is 319 g/mol. The van der Waals surface area contributed by atoms with Crippen molar-refractivity contribution in [1.29, 1.82) is 0 Å². The summed E-state index contributed by atoms with van der Waals surface area (Å²) >= 11 is 3.68. The van der Waals surface area contributed by atoms with E-state index in [9.17, 15) is 0 Å². The van der Waals surface area contributed by atoms with Crippen molar-refractivity contribution in [2.75, 3.05) is 12.8 Å². The van der Waals surface area contributed by atoms with Crippen LogP contribution >= 0.6 is 15.9 Å². The molecule has 0 bridgehead atoms. The van der Waals surface area contributed by atoms with Crippen molar-refractivity contribution in [2.24, 2.45) is 0 Å². The van der Waals surface area contributed by atoms with Crippen LogP contribution in [0.25, 0.3) is 11.1 Å². The van der Waals surface area contributed by atoms with E-state index in [-0.39, 0.29) is 0 Å². The Kier molecular flexibility index (Phi) is 3.85. The largest absolute Gasteiger partial charge is 0.496 e. The van der Waals surface area contributed by atoms with Gasteiger partial charge in [-0.3, -0.25) is 0 Å². The number of anilines is 1. The Morgan fingerprint density at radius 1 is 0.947 bits per heavy atom. The smallest absolute Gasteiger partial charge is 0.130 e. The fraction of sp³-hybridized carbons (Fsp3) is 0.250. The highest BCUT2D eigenvalue weighted by Crippen LogP contribution is 2.42. The van der Waals surface area contributed by atoms with E-state index in [1.165, 1.54) is 11.1 Å². The number of ether oxygens (including phenoxy) is 1. The zero-order chi connectivity index (χ0) is 14.2. The molecule has 0 unspecified atom stereocenters. The average molecular weight is 320 g/mol. The molecule has 0 aliphatic rings. The predicted molar refractivity (Wildman–Crippen MR) is 84.8 cm³/mol. The van der Waals surface area contributed by atoms with Crippen molar-refractivity contribution >= 4 is 21.6 Å². The maximum Gasteiger partial charge on any atom is 0.130 e. The number of benzene rings is 2. The van der Waals surface area contributed by atoms with Gasteiger partial charge < -0.3 is 10.5 Å². The fourth-order valence-electron chi connectivity index (χ4n) is 2.34. The molecular formula is C16H18BrNO. The van der Waals surface area contributed by atoms with E-state index < -0.39 is 0 Å². The fourth-order valence-corrected chi connectivity index (χ4v) is 2.83. The second-order valence-corrected chi connectivity index (χ2v) is 5.51. The number of methoxy groups -OCH3 is 1. The quantitative estimate of drug-likeness (QED) is 0.819. The van der Waals surface area contributed by atoms with Crippen LogP contribution in [0.2, 0.25) is 0 Å². The molecule has 0 amide bonds. The molecule has 0 aliphatic carbocycles. The van der Waals surface area contributed by atoms with Crippen LogP contribution in [0.1, 0.15) is 16.7 Å². The summed E-state index contributed by atoms with van der Waals surface area (Å²) in [6, 6.07) is 7.89. The molecule has 2 nitrogen and oxygen atoms in total.